The maximum absolute atomic E-state index is 12.0. The second-order valence-electron chi connectivity index (χ2n) is 5.57. The minimum atomic E-state index is -0.442. The Morgan fingerprint density at radius 3 is 2.25 bits per heavy atom. The maximum atomic E-state index is 12.0. The Hall–Kier alpha value is -1.04. The van der Waals surface area contributed by atoms with Crippen LogP contribution in [0.25, 0.3) is 0 Å². The topological polar surface area (TPSA) is 45.1 Å². The highest BCUT2D eigenvalue weighted by Gasteiger charge is 2.26. The monoisotopic (exact) mass is 345 g/mol. The van der Waals surface area contributed by atoms with Crippen LogP contribution in [0.3, 0.4) is 0 Å². The lowest BCUT2D eigenvalue weighted by Crippen LogP contribution is -2.49. The molecule has 0 spiro atoms. The first-order valence-electron chi connectivity index (χ1n) is 6.85. The molecule has 1 aliphatic rings. The molecular formula is C14H24BrN3O2. The van der Waals surface area contributed by atoms with Crippen LogP contribution in [0.4, 0.5) is 4.79 Å². The largest absolute Gasteiger partial charge is 0.444 e. The maximum Gasteiger partial charge on any atom is 0.410 e. The van der Waals surface area contributed by atoms with Crippen LogP contribution in [0, 0.1) is 0 Å². The fraction of sp³-hybridized carbons (Fsp3) is 0.714. The van der Waals surface area contributed by atoms with Gasteiger partial charge in [-0.1, -0.05) is 15.9 Å². The highest BCUT2D eigenvalue weighted by molar-refractivity contribution is 9.09. The van der Waals surface area contributed by atoms with E-state index in [2.05, 4.69) is 25.8 Å². The number of carbonyl (C=O) groups is 1. The lowest BCUT2D eigenvalue weighted by Gasteiger charge is -2.36. The van der Waals surface area contributed by atoms with Gasteiger partial charge in [0.2, 0.25) is 0 Å². The Morgan fingerprint density at radius 2 is 1.80 bits per heavy atom. The quantitative estimate of drug-likeness (QED) is 0.583. The van der Waals surface area contributed by atoms with Gasteiger partial charge in [0.05, 0.1) is 0 Å². The molecule has 0 bridgehead atoms. The van der Waals surface area contributed by atoms with Crippen molar-refractivity contribution < 1.29 is 9.53 Å². The van der Waals surface area contributed by atoms with Gasteiger partial charge in [-0.2, -0.15) is 0 Å². The first-order chi connectivity index (χ1) is 9.37. The van der Waals surface area contributed by atoms with Gasteiger partial charge in [0.15, 0.2) is 0 Å². The molecule has 0 aromatic heterocycles. The number of hydrogen-bond donors (Lipinski definition) is 0. The third kappa shape index (κ3) is 5.53. The summed E-state index contributed by atoms with van der Waals surface area (Å²) in [5.41, 5.74) is -0.442. The number of alkyl halides is 1. The number of nitrogens with zero attached hydrogens (tertiary/aromatic N) is 3. The zero-order chi connectivity index (χ0) is 15.2. The Bertz CT molecular complexity index is 380. The van der Waals surface area contributed by atoms with Crippen LogP contribution in [0.2, 0.25) is 0 Å². The van der Waals surface area contributed by atoms with Crippen molar-refractivity contribution in [2.45, 2.75) is 33.3 Å². The number of allylic oxidation sites excluding steroid dienone is 1. The van der Waals surface area contributed by atoms with Gasteiger partial charge in [-0.05, 0) is 33.8 Å². The summed E-state index contributed by atoms with van der Waals surface area (Å²) in [6.07, 6.45) is 3.58. The summed E-state index contributed by atoms with van der Waals surface area (Å²) in [7, 11) is 0. The third-order valence-corrected chi connectivity index (χ3v) is 3.10. The van der Waals surface area contributed by atoms with E-state index >= 15 is 0 Å². The predicted molar refractivity (Wildman–Crippen MR) is 85.4 cm³/mol. The molecule has 1 amide bonds. The van der Waals surface area contributed by atoms with E-state index in [1.165, 1.54) is 0 Å². The van der Waals surface area contributed by atoms with E-state index in [-0.39, 0.29) is 6.09 Å². The Morgan fingerprint density at radius 1 is 1.25 bits per heavy atom. The van der Waals surface area contributed by atoms with Crippen molar-refractivity contribution in [2.75, 3.05) is 31.5 Å². The van der Waals surface area contributed by atoms with Gasteiger partial charge in [-0.3, -0.25) is 0 Å². The average molecular weight is 346 g/mol. The molecule has 0 aliphatic carbocycles. The van der Waals surface area contributed by atoms with Crippen LogP contribution < -0.4 is 0 Å². The highest BCUT2D eigenvalue weighted by atomic mass is 79.9. The number of rotatable bonds is 3. The summed E-state index contributed by atoms with van der Waals surface area (Å²) in [6.45, 7) is 10.5. The van der Waals surface area contributed by atoms with Crippen LogP contribution in [0.5, 0.6) is 0 Å². The number of amides is 1. The van der Waals surface area contributed by atoms with E-state index in [1.54, 1.807) is 4.90 Å². The summed E-state index contributed by atoms with van der Waals surface area (Å²) in [5, 5.41) is 0.738. The second-order valence-corrected chi connectivity index (χ2v) is 6.21. The van der Waals surface area contributed by atoms with Crippen LogP contribution in [0.1, 0.15) is 27.7 Å². The molecule has 0 aromatic carbocycles. The SMILES string of the molecule is C/C=C(\N=C/CBr)N1CCN(C(=O)OC(C)(C)C)CC1. The number of halogens is 1. The molecule has 0 saturated carbocycles. The van der Waals surface area contributed by atoms with Crippen LogP contribution in [-0.4, -0.2) is 59.2 Å². The average Bonchev–Trinajstić information content (AvgIpc) is 2.38. The van der Waals surface area contributed by atoms with Gasteiger partial charge >= 0.3 is 6.09 Å². The summed E-state index contributed by atoms with van der Waals surface area (Å²) in [4.78, 5) is 20.3. The van der Waals surface area contributed by atoms with Crippen LogP contribution in [0.15, 0.2) is 16.9 Å². The number of ether oxygens (including phenoxy) is 1. The molecule has 0 radical (unpaired) electrons. The fourth-order valence-electron chi connectivity index (χ4n) is 1.91. The number of piperazine rings is 1. The minimum Gasteiger partial charge on any atom is -0.444 e. The molecule has 1 saturated heterocycles. The first kappa shape index (κ1) is 17.0. The van der Waals surface area contributed by atoms with E-state index in [4.69, 9.17) is 4.74 Å². The predicted octanol–water partition coefficient (Wildman–Crippen LogP) is 2.87. The normalized spacial score (nSPS) is 17.8. The summed E-state index contributed by atoms with van der Waals surface area (Å²) in [6, 6.07) is 0. The van der Waals surface area contributed by atoms with Crippen molar-refractivity contribution in [1.29, 1.82) is 0 Å². The van der Waals surface area contributed by atoms with Gasteiger partial charge < -0.3 is 14.5 Å². The van der Waals surface area contributed by atoms with Gasteiger partial charge in [0.1, 0.15) is 11.4 Å². The second kappa shape index (κ2) is 7.67. The molecule has 6 heteroatoms. The fourth-order valence-corrected chi connectivity index (χ4v) is 2.06. The van der Waals surface area contributed by atoms with E-state index < -0.39 is 5.60 Å². The van der Waals surface area contributed by atoms with Gasteiger partial charge in [0.25, 0.3) is 0 Å². The summed E-state index contributed by atoms with van der Waals surface area (Å²) in [5.74, 6) is 0.952. The first-order valence-corrected chi connectivity index (χ1v) is 7.97. The molecule has 0 atom stereocenters. The molecule has 0 unspecified atom stereocenters. The number of carbonyl (C=O) groups excluding carboxylic acids is 1. The van der Waals surface area contributed by atoms with Crippen LogP contribution in [-0.2, 0) is 4.74 Å². The zero-order valence-electron chi connectivity index (χ0n) is 12.7. The van der Waals surface area contributed by atoms with E-state index in [1.807, 2.05) is 40.0 Å². The number of hydrogen-bond acceptors (Lipinski definition) is 4. The molecule has 0 N–H and O–H groups in total. The molecular weight excluding hydrogens is 322 g/mol. The van der Waals surface area contributed by atoms with E-state index in [9.17, 15) is 4.79 Å². The molecule has 5 nitrogen and oxygen atoms in total. The number of aliphatic imine (C=N–C) groups is 1. The lowest BCUT2D eigenvalue weighted by atomic mass is 10.2. The van der Waals surface area contributed by atoms with Gasteiger partial charge in [0, 0.05) is 37.7 Å². The van der Waals surface area contributed by atoms with Gasteiger partial charge in [-0.15, -0.1) is 0 Å². The van der Waals surface area contributed by atoms with Gasteiger partial charge in [-0.25, -0.2) is 9.79 Å². The Kier molecular flexibility index (Phi) is 6.52. The molecule has 1 rings (SSSR count). The molecule has 114 valence electrons. The Balaban J connectivity index is 2.51. The van der Waals surface area contributed by atoms with Crippen molar-refractivity contribution in [1.82, 2.24) is 9.80 Å². The molecule has 0 aromatic rings. The highest BCUT2D eigenvalue weighted by Crippen LogP contribution is 2.14. The van der Waals surface area contributed by atoms with Crippen molar-refractivity contribution in [3.05, 3.63) is 11.9 Å². The lowest BCUT2D eigenvalue weighted by molar-refractivity contribution is 0.0168. The molecule has 1 heterocycles. The van der Waals surface area contributed by atoms with Crippen molar-refractivity contribution in [2.24, 2.45) is 4.99 Å². The third-order valence-electron chi connectivity index (χ3n) is 2.81. The smallest absolute Gasteiger partial charge is 0.410 e. The zero-order valence-corrected chi connectivity index (χ0v) is 14.3. The van der Waals surface area contributed by atoms with Crippen molar-refractivity contribution in [3.8, 4) is 0 Å². The minimum absolute atomic E-state index is 0.233. The molecule has 1 fully saturated rings. The molecule has 1 aliphatic heterocycles. The summed E-state index contributed by atoms with van der Waals surface area (Å²) < 4.78 is 5.38. The van der Waals surface area contributed by atoms with E-state index in [0.717, 1.165) is 24.2 Å². The summed E-state index contributed by atoms with van der Waals surface area (Å²) >= 11 is 3.32. The molecule has 20 heavy (non-hydrogen) atoms. The van der Waals surface area contributed by atoms with E-state index in [0.29, 0.717) is 13.1 Å². The van der Waals surface area contributed by atoms with Crippen LogP contribution >= 0.6 is 15.9 Å². The van der Waals surface area contributed by atoms with Crippen molar-refractivity contribution >= 4 is 28.2 Å². The standard InChI is InChI=1S/C14H24BrN3O2/c1-5-12(16-7-6-15)17-8-10-18(11-9-17)13(19)20-14(2,3)4/h5,7H,6,8-11H2,1-4H3/b12-5+,16-7-. The van der Waals surface area contributed by atoms with Crippen molar-refractivity contribution in [3.63, 3.8) is 0 Å². The Labute approximate surface area is 129 Å².